The Morgan fingerprint density at radius 2 is 1.74 bits per heavy atom. The fourth-order valence-corrected chi connectivity index (χ4v) is 3.55. The van der Waals surface area contributed by atoms with Crippen molar-refractivity contribution in [3.63, 3.8) is 0 Å². The number of amides is 2. The van der Waals surface area contributed by atoms with Crippen molar-refractivity contribution in [2.24, 2.45) is 0 Å². The first-order valence-corrected chi connectivity index (χ1v) is 10.5. The molecule has 0 bridgehead atoms. The molecule has 0 unspecified atom stereocenters. The molecule has 2 amide bonds. The first kappa shape index (κ1) is 20.5. The van der Waals surface area contributed by atoms with Crippen molar-refractivity contribution < 1.29 is 9.59 Å². The van der Waals surface area contributed by atoms with Gasteiger partial charge in [0.2, 0.25) is 0 Å². The van der Waals surface area contributed by atoms with Crippen LogP contribution < -0.4 is 15.5 Å². The lowest BCUT2D eigenvalue weighted by Gasteiger charge is -2.27. The monoisotopic (exact) mass is 415 g/mol. The van der Waals surface area contributed by atoms with Crippen LogP contribution in [-0.4, -0.2) is 34.9 Å². The zero-order valence-corrected chi connectivity index (χ0v) is 17.3. The summed E-state index contributed by atoms with van der Waals surface area (Å²) in [7, 11) is 0. The van der Waals surface area contributed by atoms with E-state index in [1.165, 1.54) is 25.5 Å². The molecule has 1 aromatic carbocycles. The van der Waals surface area contributed by atoms with Crippen LogP contribution in [0, 0.1) is 0 Å². The van der Waals surface area contributed by atoms with Gasteiger partial charge in [-0.05, 0) is 61.2 Å². The van der Waals surface area contributed by atoms with Crippen LogP contribution in [0.25, 0.3) is 0 Å². The van der Waals surface area contributed by atoms with Crippen molar-refractivity contribution in [2.45, 2.75) is 25.8 Å². The summed E-state index contributed by atoms with van der Waals surface area (Å²) < 4.78 is 0. The maximum atomic E-state index is 12.6. The van der Waals surface area contributed by atoms with Gasteiger partial charge in [-0.25, -0.2) is 4.98 Å². The molecular weight excluding hydrogens is 390 g/mol. The lowest BCUT2D eigenvalue weighted by molar-refractivity contribution is 0.0949. The van der Waals surface area contributed by atoms with E-state index in [0.717, 1.165) is 24.5 Å². The molecule has 0 saturated carbocycles. The number of anilines is 2. The minimum absolute atomic E-state index is 0.211. The maximum absolute atomic E-state index is 12.6. The summed E-state index contributed by atoms with van der Waals surface area (Å²) in [6.07, 6.45) is 8.63. The molecule has 7 heteroatoms. The predicted molar refractivity (Wildman–Crippen MR) is 120 cm³/mol. The summed E-state index contributed by atoms with van der Waals surface area (Å²) >= 11 is 0. The molecule has 0 atom stereocenters. The van der Waals surface area contributed by atoms with E-state index in [1.54, 1.807) is 42.6 Å². The van der Waals surface area contributed by atoms with Crippen LogP contribution in [0.15, 0.2) is 67.1 Å². The summed E-state index contributed by atoms with van der Waals surface area (Å²) in [5.41, 5.74) is 2.42. The summed E-state index contributed by atoms with van der Waals surface area (Å²) in [4.78, 5) is 35.7. The highest BCUT2D eigenvalue weighted by atomic mass is 16.2. The van der Waals surface area contributed by atoms with Crippen molar-refractivity contribution in [1.82, 2.24) is 15.3 Å². The van der Waals surface area contributed by atoms with E-state index in [4.69, 9.17) is 0 Å². The van der Waals surface area contributed by atoms with Crippen molar-refractivity contribution >= 4 is 23.3 Å². The first-order valence-electron chi connectivity index (χ1n) is 10.5. The Hall–Kier alpha value is -3.74. The number of aromatic nitrogens is 2. The molecule has 3 aromatic rings. The van der Waals surface area contributed by atoms with Crippen LogP contribution in [0.4, 0.5) is 11.5 Å². The van der Waals surface area contributed by atoms with E-state index < -0.39 is 0 Å². The number of carbonyl (C=O) groups excluding carboxylic acids is 2. The number of nitrogens with one attached hydrogen (secondary N) is 2. The van der Waals surface area contributed by atoms with E-state index in [1.807, 2.05) is 18.3 Å². The Morgan fingerprint density at radius 3 is 2.48 bits per heavy atom. The molecule has 31 heavy (non-hydrogen) atoms. The summed E-state index contributed by atoms with van der Waals surface area (Å²) in [5.74, 6) is 0.509. The van der Waals surface area contributed by atoms with E-state index in [-0.39, 0.29) is 11.8 Å². The molecule has 0 aliphatic carbocycles. The smallest absolute Gasteiger partial charge is 0.257 e. The Morgan fingerprint density at radius 1 is 0.903 bits per heavy atom. The lowest BCUT2D eigenvalue weighted by atomic mass is 10.1. The van der Waals surface area contributed by atoms with Crippen LogP contribution in [0.5, 0.6) is 0 Å². The molecule has 1 saturated heterocycles. The molecule has 0 radical (unpaired) electrons. The number of benzene rings is 1. The van der Waals surface area contributed by atoms with Crippen molar-refractivity contribution in [3.05, 3.63) is 83.8 Å². The minimum Gasteiger partial charge on any atom is -0.357 e. The van der Waals surface area contributed by atoms with Gasteiger partial charge in [0.25, 0.3) is 11.8 Å². The maximum Gasteiger partial charge on any atom is 0.257 e. The van der Waals surface area contributed by atoms with Crippen LogP contribution in [0.2, 0.25) is 0 Å². The molecule has 158 valence electrons. The van der Waals surface area contributed by atoms with E-state index >= 15 is 0 Å². The van der Waals surface area contributed by atoms with Crippen molar-refractivity contribution in [2.75, 3.05) is 23.3 Å². The van der Waals surface area contributed by atoms with Crippen LogP contribution >= 0.6 is 0 Å². The van der Waals surface area contributed by atoms with Gasteiger partial charge in [0.1, 0.15) is 5.82 Å². The number of rotatable bonds is 6. The third kappa shape index (κ3) is 5.45. The highest BCUT2D eigenvalue weighted by Gasteiger charge is 2.12. The molecule has 2 aromatic heterocycles. The third-order valence-corrected chi connectivity index (χ3v) is 5.25. The van der Waals surface area contributed by atoms with Gasteiger partial charge in [-0.2, -0.15) is 0 Å². The van der Waals surface area contributed by atoms with Gasteiger partial charge in [0.05, 0.1) is 5.56 Å². The van der Waals surface area contributed by atoms with Gasteiger partial charge in [-0.3, -0.25) is 14.6 Å². The summed E-state index contributed by atoms with van der Waals surface area (Å²) in [6.45, 7) is 2.49. The number of piperidine rings is 1. The number of pyridine rings is 2. The fraction of sp³-hybridized carbons (Fsp3) is 0.250. The average molecular weight is 415 g/mol. The summed E-state index contributed by atoms with van der Waals surface area (Å²) in [6, 6.07) is 14.3. The highest BCUT2D eigenvalue weighted by molar-refractivity contribution is 6.04. The Bertz CT molecular complexity index is 1030. The topological polar surface area (TPSA) is 87.2 Å². The van der Waals surface area contributed by atoms with Gasteiger partial charge < -0.3 is 15.5 Å². The molecule has 1 fully saturated rings. The van der Waals surface area contributed by atoms with Gasteiger partial charge in [0, 0.05) is 49.5 Å². The molecule has 2 N–H and O–H groups in total. The molecule has 7 nitrogen and oxygen atoms in total. The molecule has 0 spiro atoms. The van der Waals surface area contributed by atoms with Crippen molar-refractivity contribution in [3.8, 4) is 0 Å². The molecule has 3 heterocycles. The molecule has 1 aliphatic rings. The number of nitrogens with zero attached hydrogens (tertiary/aromatic N) is 3. The van der Waals surface area contributed by atoms with Gasteiger partial charge in [-0.1, -0.05) is 12.1 Å². The second-order valence-electron chi connectivity index (χ2n) is 7.53. The average Bonchev–Trinajstić information content (AvgIpc) is 2.84. The van der Waals surface area contributed by atoms with Gasteiger partial charge >= 0.3 is 0 Å². The normalized spacial score (nSPS) is 13.5. The quantitative estimate of drug-likeness (QED) is 0.642. The molecular formula is C24H25N5O2. The second-order valence-corrected chi connectivity index (χ2v) is 7.53. The largest absolute Gasteiger partial charge is 0.357 e. The predicted octanol–water partition coefficient (Wildman–Crippen LogP) is 3.65. The number of hydrogen-bond acceptors (Lipinski definition) is 5. The highest BCUT2D eigenvalue weighted by Crippen LogP contribution is 2.18. The molecule has 1 aliphatic heterocycles. The first-order chi connectivity index (χ1) is 15.2. The minimum atomic E-state index is -0.273. The van der Waals surface area contributed by atoms with E-state index in [9.17, 15) is 9.59 Å². The third-order valence-electron chi connectivity index (χ3n) is 5.25. The Kier molecular flexibility index (Phi) is 6.52. The van der Waals surface area contributed by atoms with E-state index in [0.29, 0.717) is 23.4 Å². The summed E-state index contributed by atoms with van der Waals surface area (Å²) in [5, 5.41) is 5.70. The fourth-order valence-electron chi connectivity index (χ4n) is 3.55. The zero-order valence-electron chi connectivity index (χ0n) is 17.3. The Balaban J connectivity index is 1.33. The lowest BCUT2D eigenvalue weighted by Crippen LogP contribution is -2.30. The van der Waals surface area contributed by atoms with Crippen LogP contribution in [0.3, 0.4) is 0 Å². The standard InChI is InChI=1S/C24H25N5O2/c30-23(27-16-18-9-10-22(26-15-18)29-12-2-1-3-13-29)19-6-4-8-21(14-19)28-24(31)20-7-5-11-25-17-20/h4-11,14-15,17H,1-3,12-13,16H2,(H,27,30)(H,28,31). The second kappa shape index (κ2) is 9.84. The zero-order chi connectivity index (χ0) is 21.5. The van der Waals surface area contributed by atoms with Gasteiger partial charge in [0.15, 0.2) is 0 Å². The van der Waals surface area contributed by atoms with Gasteiger partial charge in [-0.15, -0.1) is 0 Å². The van der Waals surface area contributed by atoms with Crippen LogP contribution in [-0.2, 0) is 6.54 Å². The SMILES string of the molecule is O=C(NCc1ccc(N2CCCCC2)nc1)c1cccc(NC(=O)c2cccnc2)c1. The van der Waals surface area contributed by atoms with Crippen LogP contribution in [0.1, 0.15) is 45.5 Å². The van der Waals surface area contributed by atoms with Crippen molar-refractivity contribution in [1.29, 1.82) is 0 Å². The van der Waals surface area contributed by atoms with E-state index in [2.05, 4.69) is 25.5 Å². The number of carbonyl (C=O) groups is 2. The molecule has 4 rings (SSSR count). The number of hydrogen-bond donors (Lipinski definition) is 2. The Labute approximate surface area is 181 Å².